The molecule has 2 N–H and O–H groups in total. The molecule has 0 aromatic heterocycles. The van der Waals surface area contributed by atoms with E-state index in [4.69, 9.17) is 0 Å². The maximum absolute atomic E-state index is 4.23. The number of anilines is 1. The van der Waals surface area contributed by atoms with Crippen LogP contribution in [0.15, 0.2) is 29.3 Å². The number of benzene rings is 1. The van der Waals surface area contributed by atoms with Gasteiger partial charge in [0, 0.05) is 37.9 Å². The van der Waals surface area contributed by atoms with Gasteiger partial charge in [-0.1, -0.05) is 18.2 Å². The molecule has 0 aliphatic carbocycles. The fourth-order valence-electron chi connectivity index (χ4n) is 2.73. The van der Waals surface area contributed by atoms with Crippen LogP contribution in [0.5, 0.6) is 0 Å². The topological polar surface area (TPSA) is 39.7 Å². The van der Waals surface area contributed by atoms with E-state index in [2.05, 4.69) is 65.6 Å². The molecule has 4 heteroatoms. The molecule has 110 valence electrons. The SMILES string of the molecule is CN=C(NCCN1c2ccccc2CC1C)NC(C)C. The van der Waals surface area contributed by atoms with Crippen LogP contribution in [-0.4, -0.2) is 38.2 Å². The van der Waals surface area contributed by atoms with E-state index in [-0.39, 0.29) is 0 Å². The average Bonchev–Trinajstić information content (AvgIpc) is 2.73. The molecule has 1 aromatic carbocycles. The van der Waals surface area contributed by atoms with Gasteiger partial charge in [0.25, 0.3) is 0 Å². The van der Waals surface area contributed by atoms with Crippen LogP contribution in [-0.2, 0) is 6.42 Å². The number of nitrogens with zero attached hydrogens (tertiary/aromatic N) is 2. The second-order valence-electron chi connectivity index (χ2n) is 5.67. The highest BCUT2D eigenvalue weighted by Crippen LogP contribution is 2.30. The molecular weight excluding hydrogens is 248 g/mol. The number of fused-ring (bicyclic) bond motifs is 1. The summed E-state index contributed by atoms with van der Waals surface area (Å²) in [6, 6.07) is 9.68. The molecule has 4 nitrogen and oxygen atoms in total. The molecular formula is C16H26N4. The second-order valence-corrected chi connectivity index (χ2v) is 5.67. The molecule has 2 rings (SSSR count). The number of hydrogen-bond donors (Lipinski definition) is 2. The van der Waals surface area contributed by atoms with Gasteiger partial charge in [-0.05, 0) is 38.8 Å². The van der Waals surface area contributed by atoms with Gasteiger partial charge in [0.2, 0.25) is 0 Å². The van der Waals surface area contributed by atoms with Crippen molar-refractivity contribution in [2.24, 2.45) is 4.99 Å². The van der Waals surface area contributed by atoms with Crippen LogP contribution in [0, 0.1) is 0 Å². The van der Waals surface area contributed by atoms with E-state index < -0.39 is 0 Å². The van der Waals surface area contributed by atoms with E-state index in [9.17, 15) is 0 Å². The molecule has 0 radical (unpaired) electrons. The first kappa shape index (κ1) is 14.7. The summed E-state index contributed by atoms with van der Waals surface area (Å²) in [6.07, 6.45) is 1.15. The Labute approximate surface area is 122 Å². The van der Waals surface area contributed by atoms with E-state index in [0.717, 1.165) is 25.5 Å². The quantitative estimate of drug-likeness (QED) is 0.652. The average molecular weight is 274 g/mol. The lowest BCUT2D eigenvalue weighted by Crippen LogP contribution is -2.44. The van der Waals surface area contributed by atoms with Crippen LogP contribution < -0.4 is 15.5 Å². The minimum Gasteiger partial charge on any atom is -0.367 e. The van der Waals surface area contributed by atoms with Crippen molar-refractivity contribution in [2.45, 2.75) is 39.3 Å². The van der Waals surface area contributed by atoms with Crippen LogP contribution in [0.3, 0.4) is 0 Å². The number of rotatable bonds is 4. The molecule has 0 fully saturated rings. The normalized spacial score (nSPS) is 18.4. The van der Waals surface area contributed by atoms with Gasteiger partial charge in [-0.25, -0.2) is 0 Å². The summed E-state index contributed by atoms with van der Waals surface area (Å²) in [5.41, 5.74) is 2.85. The number of para-hydroxylation sites is 1. The highest BCUT2D eigenvalue weighted by atomic mass is 15.2. The lowest BCUT2D eigenvalue weighted by Gasteiger charge is -2.25. The highest BCUT2D eigenvalue weighted by molar-refractivity contribution is 5.79. The van der Waals surface area contributed by atoms with Crippen molar-refractivity contribution in [2.75, 3.05) is 25.0 Å². The van der Waals surface area contributed by atoms with Crippen molar-refractivity contribution >= 4 is 11.6 Å². The van der Waals surface area contributed by atoms with Crippen LogP contribution in [0.2, 0.25) is 0 Å². The first-order chi connectivity index (χ1) is 9.61. The van der Waals surface area contributed by atoms with Gasteiger partial charge in [0.1, 0.15) is 0 Å². The zero-order chi connectivity index (χ0) is 14.5. The Morgan fingerprint density at radius 3 is 2.85 bits per heavy atom. The summed E-state index contributed by atoms with van der Waals surface area (Å²) in [7, 11) is 1.81. The minimum atomic E-state index is 0.396. The van der Waals surface area contributed by atoms with E-state index in [1.807, 2.05) is 7.05 Å². The van der Waals surface area contributed by atoms with Gasteiger partial charge >= 0.3 is 0 Å². The third kappa shape index (κ3) is 3.44. The van der Waals surface area contributed by atoms with Gasteiger partial charge in [-0.15, -0.1) is 0 Å². The fraction of sp³-hybridized carbons (Fsp3) is 0.562. The van der Waals surface area contributed by atoms with Crippen molar-refractivity contribution in [3.63, 3.8) is 0 Å². The first-order valence-corrected chi connectivity index (χ1v) is 7.43. The van der Waals surface area contributed by atoms with E-state index in [1.54, 1.807) is 0 Å². The summed E-state index contributed by atoms with van der Waals surface area (Å²) in [4.78, 5) is 6.71. The van der Waals surface area contributed by atoms with E-state index in [1.165, 1.54) is 11.3 Å². The maximum Gasteiger partial charge on any atom is 0.191 e. The van der Waals surface area contributed by atoms with Gasteiger partial charge in [-0.2, -0.15) is 0 Å². The van der Waals surface area contributed by atoms with Crippen LogP contribution in [0.25, 0.3) is 0 Å². The van der Waals surface area contributed by atoms with Crippen LogP contribution in [0.4, 0.5) is 5.69 Å². The van der Waals surface area contributed by atoms with Gasteiger partial charge < -0.3 is 15.5 Å². The van der Waals surface area contributed by atoms with Gasteiger partial charge in [0.15, 0.2) is 5.96 Å². The minimum absolute atomic E-state index is 0.396. The molecule has 0 saturated heterocycles. The van der Waals surface area contributed by atoms with Crippen molar-refractivity contribution < 1.29 is 0 Å². The van der Waals surface area contributed by atoms with Crippen LogP contribution >= 0.6 is 0 Å². The largest absolute Gasteiger partial charge is 0.367 e. The Balaban J connectivity index is 1.88. The van der Waals surface area contributed by atoms with Crippen LogP contribution in [0.1, 0.15) is 26.3 Å². The first-order valence-electron chi connectivity index (χ1n) is 7.43. The lowest BCUT2D eigenvalue weighted by molar-refractivity contribution is 0.648. The molecule has 1 atom stereocenters. The molecule has 0 amide bonds. The Bertz CT molecular complexity index is 467. The molecule has 0 spiro atoms. The molecule has 1 aromatic rings. The number of nitrogens with one attached hydrogen (secondary N) is 2. The third-order valence-electron chi connectivity index (χ3n) is 3.64. The van der Waals surface area contributed by atoms with Crippen molar-refractivity contribution in [1.82, 2.24) is 10.6 Å². The molecule has 1 aliphatic rings. The standard InChI is InChI=1S/C16H26N4/c1-12(2)19-16(17-4)18-9-10-20-13(3)11-14-7-5-6-8-15(14)20/h5-8,12-13H,9-11H2,1-4H3,(H2,17,18,19). The third-order valence-corrected chi connectivity index (χ3v) is 3.64. The molecule has 1 heterocycles. The zero-order valence-corrected chi connectivity index (χ0v) is 13.0. The lowest BCUT2D eigenvalue weighted by atomic mass is 10.1. The molecule has 0 bridgehead atoms. The van der Waals surface area contributed by atoms with E-state index in [0.29, 0.717) is 12.1 Å². The number of hydrogen-bond acceptors (Lipinski definition) is 2. The molecule has 1 unspecified atom stereocenters. The maximum atomic E-state index is 4.23. The summed E-state index contributed by atoms with van der Waals surface area (Å²) >= 11 is 0. The number of guanidine groups is 1. The molecule has 1 aliphatic heterocycles. The van der Waals surface area contributed by atoms with Crippen molar-refractivity contribution in [3.05, 3.63) is 29.8 Å². The van der Waals surface area contributed by atoms with Crippen molar-refractivity contribution in [3.8, 4) is 0 Å². The predicted molar refractivity (Wildman–Crippen MR) is 86.6 cm³/mol. The number of aliphatic imine (C=N–C) groups is 1. The Morgan fingerprint density at radius 1 is 1.40 bits per heavy atom. The summed E-state index contributed by atoms with van der Waals surface area (Å²) in [5.74, 6) is 0.875. The monoisotopic (exact) mass is 274 g/mol. The smallest absolute Gasteiger partial charge is 0.191 e. The Kier molecular flexibility index (Phi) is 4.88. The fourth-order valence-corrected chi connectivity index (χ4v) is 2.73. The van der Waals surface area contributed by atoms with E-state index >= 15 is 0 Å². The predicted octanol–water partition coefficient (Wildman–Crippen LogP) is 2.01. The Morgan fingerprint density at radius 2 is 2.15 bits per heavy atom. The summed E-state index contributed by atoms with van der Waals surface area (Å²) < 4.78 is 0. The molecule has 20 heavy (non-hydrogen) atoms. The van der Waals surface area contributed by atoms with Crippen molar-refractivity contribution in [1.29, 1.82) is 0 Å². The summed E-state index contributed by atoms with van der Waals surface area (Å²) in [5, 5.41) is 6.68. The van der Waals surface area contributed by atoms with Gasteiger partial charge in [-0.3, -0.25) is 4.99 Å². The zero-order valence-electron chi connectivity index (χ0n) is 13.0. The van der Waals surface area contributed by atoms with Gasteiger partial charge in [0.05, 0.1) is 0 Å². The highest BCUT2D eigenvalue weighted by Gasteiger charge is 2.24. The molecule has 0 saturated carbocycles. The second kappa shape index (κ2) is 6.64. The Hall–Kier alpha value is -1.71. The summed E-state index contributed by atoms with van der Waals surface area (Å²) in [6.45, 7) is 8.42.